The van der Waals surface area contributed by atoms with Crippen molar-refractivity contribution in [2.75, 3.05) is 24.3 Å². The van der Waals surface area contributed by atoms with Crippen LogP contribution in [0.15, 0.2) is 54.6 Å². The van der Waals surface area contributed by atoms with Gasteiger partial charge in [-0.25, -0.2) is 0 Å². The number of rotatable bonds is 3. The fraction of sp³-hybridized carbons (Fsp3) is 0.143. The van der Waals surface area contributed by atoms with E-state index in [1.807, 2.05) is 32.3 Å². The van der Waals surface area contributed by atoms with E-state index in [0.717, 1.165) is 11.4 Å². The summed E-state index contributed by atoms with van der Waals surface area (Å²) in [7, 11) is 4.08. The summed E-state index contributed by atoms with van der Waals surface area (Å²) < 4.78 is 0. The Balaban J connectivity index is 2.11. The first-order valence-electron chi connectivity index (χ1n) is 5.35. The largest absolute Gasteiger partial charge is 0.378 e. The van der Waals surface area contributed by atoms with Crippen LogP contribution in [0.1, 0.15) is 0 Å². The SMILES string of the molecule is CN(C)c1ccc(Nc2ccccc2)cc1. The molecule has 0 atom stereocenters. The summed E-state index contributed by atoms with van der Waals surface area (Å²) in [6.07, 6.45) is 0. The van der Waals surface area contributed by atoms with E-state index in [0.29, 0.717) is 0 Å². The molecule has 2 rings (SSSR count). The van der Waals surface area contributed by atoms with E-state index in [4.69, 9.17) is 0 Å². The molecule has 2 aromatic rings. The maximum atomic E-state index is 3.35. The number of benzene rings is 2. The Morgan fingerprint density at radius 3 is 1.88 bits per heavy atom. The van der Waals surface area contributed by atoms with Gasteiger partial charge in [0.2, 0.25) is 0 Å². The Labute approximate surface area is 96.5 Å². The fourth-order valence-corrected chi connectivity index (χ4v) is 1.53. The Morgan fingerprint density at radius 1 is 0.750 bits per heavy atom. The lowest BCUT2D eigenvalue weighted by Gasteiger charge is -2.13. The van der Waals surface area contributed by atoms with Crippen molar-refractivity contribution < 1.29 is 0 Å². The Hall–Kier alpha value is -1.96. The quantitative estimate of drug-likeness (QED) is 0.837. The van der Waals surface area contributed by atoms with Crippen molar-refractivity contribution in [2.24, 2.45) is 0 Å². The monoisotopic (exact) mass is 212 g/mol. The number of hydrogen-bond donors (Lipinski definition) is 1. The number of hydrogen-bond acceptors (Lipinski definition) is 2. The molecule has 0 saturated carbocycles. The Morgan fingerprint density at radius 2 is 1.31 bits per heavy atom. The van der Waals surface area contributed by atoms with Gasteiger partial charge in [-0.1, -0.05) is 18.2 Å². The first kappa shape index (κ1) is 10.6. The van der Waals surface area contributed by atoms with Crippen molar-refractivity contribution in [2.45, 2.75) is 0 Å². The van der Waals surface area contributed by atoms with Gasteiger partial charge in [-0.2, -0.15) is 0 Å². The number of nitrogens with zero attached hydrogens (tertiary/aromatic N) is 1. The van der Waals surface area contributed by atoms with Crippen LogP contribution in [0.4, 0.5) is 17.1 Å². The molecule has 16 heavy (non-hydrogen) atoms. The van der Waals surface area contributed by atoms with Crippen molar-refractivity contribution in [1.82, 2.24) is 0 Å². The fourth-order valence-electron chi connectivity index (χ4n) is 1.53. The maximum absolute atomic E-state index is 3.35. The zero-order valence-corrected chi connectivity index (χ0v) is 9.64. The third-order valence-corrected chi connectivity index (χ3v) is 2.45. The van der Waals surface area contributed by atoms with E-state index in [1.165, 1.54) is 5.69 Å². The minimum Gasteiger partial charge on any atom is -0.378 e. The topological polar surface area (TPSA) is 15.3 Å². The summed E-state index contributed by atoms with van der Waals surface area (Å²) in [5.74, 6) is 0. The van der Waals surface area contributed by atoms with E-state index in [9.17, 15) is 0 Å². The van der Waals surface area contributed by atoms with Crippen molar-refractivity contribution in [3.05, 3.63) is 54.6 Å². The lowest BCUT2D eigenvalue weighted by atomic mass is 10.2. The predicted molar refractivity (Wildman–Crippen MR) is 70.5 cm³/mol. The van der Waals surface area contributed by atoms with Crippen molar-refractivity contribution in [1.29, 1.82) is 0 Å². The highest BCUT2D eigenvalue weighted by Gasteiger charge is 1.96. The molecule has 0 spiro atoms. The van der Waals surface area contributed by atoms with Gasteiger partial charge in [0.15, 0.2) is 0 Å². The van der Waals surface area contributed by atoms with Gasteiger partial charge in [-0.15, -0.1) is 0 Å². The summed E-state index contributed by atoms with van der Waals surface area (Å²) in [5, 5.41) is 3.35. The van der Waals surface area contributed by atoms with Gasteiger partial charge in [0, 0.05) is 31.2 Å². The van der Waals surface area contributed by atoms with Gasteiger partial charge in [0.05, 0.1) is 0 Å². The molecule has 0 radical (unpaired) electrons. The highest BCUT2D eigenvalue weighted by Crippen LogP contribution is 2.19. The molecule has 0 amide bonds. The predicted octanol–water partition coefficient (Wildman–Crippen LogP) is 3.50. The molecule has 0 fully saturated rings. The molecule has 2 aromatic carbocycles. The van der Waals surface area contributed by atoms with Crippen LogP contribution in [0.25, 0.3) is 0 Å². The van der Waals surface area contributed by atoms with Crippen LogP contribution in [0, 0.1) is 0 Å². The molecule has 2 heteroatoms. The molecule has 82 valence electrons. The molecule has 0 heterocycles. The zero-order chi connectivity index (χ0) is 11.4. The van der Waals surface area contributed by atoms with Crippen LogP contribution in [-0.2, 0) is 0 Å². The van der Waals surface area contributed by atoms with Crippen LogP contribution < -0.4 is 10.2 Å². The molecular weight excluding hydrogens is 196 g/mol. The molecule has 0 aliphatic carbocycles. The summed E-state index contributed by atoms with van der Waals surface area (Å²) in [4.78, 5) is 2.09. The van der Waals surface area contributed by atoms with E-state index in [-0.39, 0.29) is 0 Å². The van der Waals surface area contributed by atoms with Crippen molar-refractivity contribution in [3.8, 4) is 0 Å². The molecule has 0 bridgehead atoms. The van der Waals surface area contributed by atoms with Gasteiger partial charge in [-0.3, -0.25) is 0 Å². The molecule has 0 aliphatic rings. The third kappa shape index (κ3) is 2.54. The summed E-state index contributed by atoms with van der Waals surface area (Å²) >= 11 is 0. The smallest absolute Gasteiger partial charge is 0.0385 e. The lowest BCUT2D eigenvalue weighted by Crippen LogP contribution is -2.08. The number of nitrogens with one attached hydrogen (secondary N) is 1. The molecule has 0 saturated heterocycles. The first-order chi connectivity index (χ1) is 7.75. The third-order valence-electron chi connectivity index (χ3n) is 2.45. The van der Waals surface area contributed by atoms with Crippen LogP contribution in [0.3, 0.4) is 0 Å². The minimum absolute atomic E-state index is 1.11. The highest BCUT2D eigenvalue weighted by atomic mass is 15.1. The number of para-hydroxylation sites is 1. The Bertz CT molecular complexity index is 432. The molecule has 2 nitrogen and oxygen atoms in total. The Kier molecular flexibility index (Phi) is 3.10. The minimum atomic E-state index is 1.11. The zero-order valence-electron chi connectivity index (χ0n) is 9.64. The summed E-state index contributed by atoms with van der Waals surface area (Å²) in [6, 6.07) is 18.5. The summed E-state index contributed by atoms with van der Waals surface area (Å²) in [6.45, 7) is 0. The van der Waals surface area contributed by atoms with E-state index >= 15 is 0 Å². The maximum Gasteiger partial charge on any atom is 0.0385 e. The first-order valence-corrected chi connectivity index (χ1v) is 5.35. The highest BCUT2D eigenvalue weighted by molar-refractivity contribution is 5.62. The van der Waals surface area contributed by atoms with Crippen LogP contribution in [0.2, 0.25) is 0 Å². The van der Waals surface area contributed by atoms with Crippen LogP contribution in [0.5, 0.6) is 0 Å². The second-order valence-corrected chi connectivity index (χ2v) is 3.93. The van der Waals surface area contributed by atoms with Gasteiger partial charge < -0.3 is 10.2 Å². The second-order valence-electron chi connectivity index (χ2n) is 3.93. The van der Waals surface area contributed by atoms with Gasteiger partial charge >= 0.3 is 0 Å². The van der Waals surface area contributed by atoms with E-state index in [2.05, 4.69) is 46.6 Å². The van der Waals surface area contributed by atoms with E-state index < -0.39 is 0 Å². The van der Waals surface area contributed by atoms with E-state index in [1.54, 1.807) is 0 Å². The standard InChI is InChI=1S/C14H16N2/c1-16(2)14-10-8-13(9-11-14)15-12-6-4-3-5-7-12/h3-11,15H,1-2H3. The average Bonchev–Trinajstić information content (AvgIpc) is 2.31. The van der Waals surface area contributed by atoms with Gasteiger partial charge in [0.25, 0.3) is 0 Å². The van der Waals surface area contributed by atoms with Crippen LogP contribution >= 0.6 is 0 Å². The molecular formula is C14H16N2. The van der Waals surface area contributed by atoms with Crippen LogP contribution in [-0.4, -0.2) is 14.1 Å². The normalized spacial score (nSPS) is 9.88. The van der Waals surface area contributed by atoms with Crippen molar-refractivity contribution >= 4 is 17.1 Å². The average molecular weight is 212 g/mol. The lowest BCUT2D eigenvalue weighted by molar-refractivity contribution is 1.13. The molecule has 0 aromatic heterocycles. The summed E-state index contributed by atoms with van der Waals surface area (Å²) in [5.41, 5.74) is 3.43. The van der Waals surface area contributed by atoms with Gasteiger partial charge in [-0.05, 0) is 36.4 Å². The van der Waals surface area contributed by atoms with Crippen molar-refractivity contribution in [3.63, 3.8) is 0 Å². The molecule has 1 N–H and O–H groups in total. The molecule has 0 aliphatic heterocycles. The second kappa shape index (κ2) is 4.71. The number of anilines is 3. The van der Waals surface area contributed by atoms with Gasteiger partial charge in [0.1, 0.15) is 0 Å². The molecule has 0 unspecified atom stereocenters.